The molecule has 0 aliphatic heterocycles. The van der Waals surface area contributed by atoms with Crippen LogP contribution in [0.2, 0.25) is 0 Å². The van der Waals surface area contributed by atoms with Crippen LogP contribution in [0.4, 0.5) is 10.2 Å². The molecule has 6 heteroatoms. The SMILES string of the molecule is Nc1noc(-c2cncs2)c1-c1ccc(F)cc1. The molecule has 1 aromatic carbocycles. The zero-order chi connectivity index (χ0) is 12.5. The van der Waals surface area contributed by atoms with E-state index >= 15 is 0 Å². The third-order valence-corrected chi connectivity index (χ3v) is 3.28. The second-order valence-corrected chi connectivity index (χ2v) is 4.53. The molecule has 0 unspecified atom stereocenters. The first kappa shape index (κ1) is 10.9. The minimum Gasteiger partial charge on any atom is -0.380 e. The van der Waals surface area contributed by atoms with E-state index in [9.17, 15) is 4.39 Å². The van der Waals surface area contributed by atoms with Gasteiger partial charge >= 0.3 is 0 Å². The van der Waals surface area contributed by atoms with Crippen molar-refractivity contribution in [2.45, 2.75) is 0 Å². The van der Waals surface area contributed by atoms with Crippen molar-refractivity contribution in [2.24, 2.45) is 0 Å². The summed E-state index contributed by atoms with van der Waals surface area (Å²) in [5.41, 5.74) is 8.93. The van der Waals surface area contributed by atoms with Gasteiger partial charge in [-0.15, -0.1) is 11.3 Å². The molecule has 2 heterocycles. The van der Waals surface area contributed by atoms with Crippen molar-refractivity contribution < 1.29 is 8.91 Å². The number of hydrogen-bond donors (Lipinski definition) is 1. The topological polar surface area (TPSA) is 64.9 Å². The Morgan fingerprint density at radius 2 is 2.00 bits per heavy atom. The number of nitrogens with two attached hydrogens (primary N) is 1. The Kier molecular flexibility index (Phi) is 2.56. The molecule has 0 bridgehead atoms. The monoisotopic (exact) mass is 261 g/mol. The van der Waals surface area contributed by atoms with Crippen LogP contribution in [0, 0.1) is 5.82 Å². The first-order valence-corrected chi connectivity index (χ1v) is 6.03. The van der Waals surface area contributed by atoms with E-state index in [2.05, 4.69) is 10.1 Å². The summed E-state index contributed by atoms with van der Waals surface area (Å²) >= 11 is 1.43. The van der Waals surface area contributed by atoms with Crippen LogP contribution in [0.3, 0.4) is 0 Å². The van der Waals surface area contributed by atoms with E-state index in [4.69, 9.17) is 10.3 Å². The van der Waals surface area contributed by atoms with Crippen molar-refractivity contribution in [3.8, 4) is 21.8 Å². The predicted octanol–water partition coefficient (Wildman–Crippen LogP) is 3.19. The number of rotatable bonds is 2. The van der Waals surface area contributed by atoms with Crippen LogP contribution in [0.5, 0.6) is 0 Å². The molecule has 0 saturated carbocycles. The Hall–Kier alpha value is -2.21. The van der Waals surface area contributed by atoms with Crippen LogP contribution < -0.4 is 5.73 Å². The maximum Gasteiger partial charge on any atom is 0.188 e. The lowest BCUT2D eigenvalue weighted by Crippen LogP contribution is -1.88. The summed E-state index contributed by atoms with van der Waals surface area (Å²) in [6, 6.07) is 6.03. The fourth-order valence-corrected chi connectivity index (χ4v) is 2.30. The Morgan fingerprint density at radius 1 is 1.22 bits per heavy atom. The van der Waals surface area contributed by atoms with Crippen molar-refractivity contribution >= 4 is 17.2 Å². The maximum absolute atomic E-state index is 12.9. The standard InChI is InChI=1S/C12H8FN3OS/c13-8-3-1-7(2-4-8)10-11(17-16-12(10)14)9-5-15-6-18-9/h1-6H,(H2,14,16). The van der Waals surface area contributed by atoms with Crippen molar-refractivity contribution in [3.05, 3.63) is 41.8 Å². The lowest BCUT2D eigenvalue weighted by Gasteiger charge is -2.00. The number of aromatic nitrogens is 2. The molecule has 0 spiro atoms. The van der Waals surface area contributed by atoms with E-state index in [1.54, 1.807) is 23.8 Å². The highest BCUT2D eigenvalue weighted by Crippen LogP contribution is 2.37. The Labute approximate surface area is 106 Å². The lowest BCUT2D eigenvalue weighted by atomic mass is 10.1. The molecule has 0 amide bonds. The van der Waals surface area contributed by atoms with Gasteiger partial charge in [0.25, 0.3) is 0 Å². The van der Waals surface area contributed by atoms with Crippen LogP contribution in [0.15, 0.2) is 40.5 Å². The first-order valence-electron chi connectivity index (χ1n) is 5.15. The van der Waals surface area contributed by atoms with Gasteiger partial charge in [-0.3, -0.25) is 4.98 Å². The Morgan fingerprint density at radius 3 is 2.67 bits per heavy atom. The van der Waals surface area contributed by atoms with E-state index in [-0.39, 0.29) is 11.6 Å². The molecule has 0 atom stereocenters. The molecule has 90 valence electrons. The molecule has 2 aromatic heterocycles. The van der Waals surface area contributed by atoms with Crippen molar-refractivity contribution in [1.29, 1.82) is 0 Å². The summed E-state index contributed by atoms with van der Waals surface area (Å²) in [7, 11) is 0. The molecule has 18 heavy (non-hydrogen) atoms. The molecule has 0 radical (unpaired) electrons. The molecule has 0 saturated heterocycles. The van der Waals surface area contributed by atoms with E-state index in [0.29, 0.717) is 11.3 Å². The minimum absolute atomic E-state index is 0.282. The normalized spacial score (nSPS) is 10.7. The van der Waals surface area contributed by atoms with Crippen LogP contribution in [-0.4, -0.2) is 10.1 Å². The average molecular weight is 261 g/mol. The second kappa shape index (κ2) is 4.23. The molecular formula is C12H8FN3OS. The van der Waals surface area contributed by atoms with Gasteiger partial charge in [0.05, 0.1) is 16.0 Å². The number of hydrogen-bond acceptors (Lipinski definition) is 5. The van der Waals surface area contributed by atoms with Gasteiger partial charge in [-0.1, -0.05) is 17.3 Å². The summed E-state index contributed by atoms with van der Waals surface area (Å²) in [4.78, 5) is 4.82. The van der Waals surface area contributed by atoms with Crippen LogP contribution in [0.1, 0.15) is 0 Å². The minimum atomic E-state index is -0.298. The number of thiazole rings is 1. The van der Waals surface area contributed by atoms with Gasteiger partial charge < -0.3 is 10.3 Å². The molecular weight excluding hydrogens is 253 g/mol. The maximum atomic E-state index is 12.9. The molecule has 4 nitrogen and oxygen atoms in total. The molecule has 0 aliphatic carbocycles. The fraction of sp³-hybridized carbons (Fsp3) is 0. The van der Waals surface area contributed by atoms with Crippen LogP contribution in [-0.2, 0) is 0 Å². The quantitative estimate of drug-likeness (QED) is 0.769. The molecule has 3 rings (SSSR count). The first-order chi connectivity index (χ1) is 8.75. The third-order valence-electron chi connectivity index (χ3n) is 2.51. The number of nitrogen functional groups attached to an aromatic ring is 1. The summed E-state index contributed by atoms with van der Waals surface area (Å²) in [6.07, 6.45) is 1.68. The predicted molar refractivity (Wildman–Crippen MR) is 67.4 cm³/mol. The lowest BCUT2D eigenvalue weighted by molar-refractivity contribution is 0.437. The highest BCUT2D eigenvalue weighted by Gasteiger charge is 2.18. The number of benzene rings is 1. The van der Waals surface area contributed by atoms with Gasteiger partial charge in [0.15, 0.2) is 11.6 Å². The van der Waals surface area contributed by atoms with Crippen molar-refractivity contribution in [3.63, 3.8) is 0 Å². The molecule has 0 aliphatic rings. The van der Waals surface area contributed by atoms with Crippen LogP contribution >= 0.6 is 11.3 Å². The summed E-state index contributed by atoms with van der Waals surface area (Å²) in [5, 5.41) is 3.76. The van der Waals surface area contributed by atoms with Crippen molar-refractivity contribution in [2.75, 3.05) is 5.73 Å². The van der Waals surface area contributed by atoms with Gasteiger partial charge in [0, 0.05) is 6.20 Å². The molecule has 0 fully saturated rings. The zero-order valence-corrected chi connectivity index (χ0v) is 9.95. The van der Waals surface area contributed by atoms with Gasteiger partial charge in [0.1, 0.15) is 5.82 Å². The van der Waals surface area contributed by atoms with Gasteiger partial charge in [-0.25, -0.2) is 4.39 Å². The highest BCUT2D eigenvalue weighted by molar-refractivity contribution is 7.13. The van der Waals surface area contributed by atoms with E-state index in [0.717, 1.165) is 10.4 Å². The summed E-state index contributed by atoms with van der Waals surface area (Å²) < 4.78 is 18.2. The Bertz CT molecular complexity index is 661. The summed E-state index contributed by atoms with van der Waals surface area (Å²) in [5.74, 6) is 0.541. The van der Waals surface area contributed by atoms with Gasteiger partial charge in [0.2, 0.25) is 0 Å². The van der Waals surface area contributed by atoms with E-state index in [1.165, 1.54) is 23.5 Å². The average Bonchev–Trinajstić information content (AvgIpc) is 2.99. The van der Waals surface area contributed by atoms with Gasteiger partial charge in [-0.2, -0.15) is 0 Å². The van der Waals surface area contributed by atoms with Crippen molar-refractivity contribution in [1.82, 2.24) is 10.1 Å². The number of nitrogens with zero attached hydrogens (tertiary/aromatic N) is 2. The Balaban J connectivity index is 2.17. The highest BCUT2D eigenvalue weighted by atomic mass is 32.1. The second-order valence-electron chi connectivity index (χ2n) is 3.64. The largest absolute Gasteiger partial charge is 0.380 e. The van der Waals surface area contributed by atoms with Gasteiger partial charge in [-0.05, 0) is 17.7 Å². The summed E-state index contributed by atoms with van der Waals surface area (Å²) in [6.45, 7) is 0. The number of halogens is 1. The smallest absolute Gasteiger partial charge is 0.188 e. The molecule has 3 aromatic rings. The van der Waals surface area contributed by atoms with E-state index < -0.39 is 0 Å². The molecule has 2 N–H and O–H groups in total. The van der Waals surface area contributed by atoms with E-state index in [1.807, 2.05) is 0 Å². The zero-order valence-electron chi connectivity index (χ0n) is 9.13. The third kappa shape index (κ3) is 1.76. The van der Waals surface area contributed by atoms with Crippen LogP contribution in [0.25, 0.3) is 21.8 Å². The number of anilines is 1. The fourth-order valence-electron chi connectivity index (χ4n) is 1.69.